The van der Waals surface area contributed by atoms with Crippen molar-refractivity contribution in [2.75, 3.05) is 26.3 Å². The summed E-state index contributed by atoms with van der Waals surface area (Å²) in [5.74, 6) is 0.810. The van der Waals surface area contributed by atoms with E-state index in [4.69, 9.17) is 4.74 Å². The first-order valence-electron chi connectivity index (χ1n) is 8.54. The van der Waals surface area contributed by atoms with Gasteiger partial charge < -0.3 is 4.74 Å². The number of hydrogen-bond acceptors (Lipinski definition) is 3. The van der Waals surface area contributed by atoms with Gasteiger partial charge in [0, 0.05) is 24.2 Å². The first-order valence-corrected chi connectivity index (χ1v) is 8.54. The van der Waals surface area contributed by atoms with Crippen molar-refractivity contribution >= 4 is 10.9 Å². The molecule has 1 aromatic heterocycles. The normalized spacial score (nSPS) is 24.1. The Kier molecular flexibility index (Phi) is 4.09. The molecule has 116 valence electrons. The molecular weight excluding hydrogens is 272 g/mol. The second-order valence-corrected chi connectivity index (χ2v) is 6.69. The Morgan fingerprint density at radius 3 is 2.77 bits per heavy atom. The minimum absolute atomic E-state index is 0.683. The van der Waals surface area contributed by atoms with Gasteiger partial charge in [-0.2, -0.15) is 0 Å². The molecule has 2 aliphatic heterocycles. The van der Waals surface area contributed by atoms with Crippen LogP contribution in [0.2, 0.25) is 0 Å². The monoisotopic (exact) mass is 296 g/mol. The van der Waals surface area contributed by atoms with E-state index in [-0.39, 0.29) is 0 Å². The van der Waals surface area contributed by atoms with Crippen molar-refractivity contribution in [2.45, 2.75) is 31.7 Å². The number of nitrogens with zero attached hydrogens (tertiary/aromatic N) is 2. The van der Waals surface area contributed by atoms with E-state index in [1.807, 2.05) is 6.20 Å². The zero-order chi connectivity index (χ0) is 14.8. The van der Waals surface area contributed by atoms with Gasteiger partial charge >= 0.3 is 0 Å². The van der Waals surface area contributed by atoms with E-state index in [9.17, 15) is 0 Å². The van der Waals surface area contributed by atoms with Gasteiger partial charge in [-0.15, -0.1) is 0 Å². The first kappa shape index (κ1) is 14.2. The van der Waals surface area contributed by atoms with Crippen LogP contribution in [0.1, 0.15) is 24.8 Å². The summed E-state index contributed by atoms with van der Waals surface area (Å²) in [5, 5.41) is 1.33. The minimum atomic E-state index is 0.683. The second kappa shape index (κ2) is 6.35. The van der Waals surface area contributed by atoms with E-state index in [0.717, 1.165) is 24.6 Å². The van der Waals surface area contributed by atoms with Crippen molar-refractivity contribution in [2.24, 2.45) is 5.92 Å². The summed E-state index contributed by atoms with van der Waals surface area (Å²) in [6, 6.07) is 11.4. The van der Waals surface area contributed by atoms with Gasteiger partial charge in [-0.05, 0) is 62.4 Å². The summed E-state index contributed by atoms with van der Waals surface area (Å²) in [4.78, 5) is 7.12. The van der Waals surface area contributed by atoms with Crippen molar-refractivity contribution in [3.05, 3.63) is 42.1 Å². The van der Waals surface area contributed by atoms with Gasteiger partial charge in [-0.3, -0.25) is 9.88 Å². The number of fused-ring (bicyclic) bond motifs is 1. The maximum absolute atomic E-state index is 5.53. The molecule has 1 atom stereocenters. The summed E-state index contributed by atoms with van der Waals surface area (Å²) < 4.78 is 5.53. The number of rotatable bonds is 3. The van der Waals surface area contributed by atoms with Gasteiger partial charge in [0.2, 0.25) is 0 Å². The molecule has 0 unspecified atom stereocenters. The summed E-state index contributed by atoms with van der Waals surface area (Å²) in [7, 11) is 0. The molecule has 4 rings (SSSR count). The molecule has 0 aliphatic carbocycles. The molecule has 2 aromatic rings. The molecule has 2 aliphatic rings. The van der Waals surface area contributed by atoms with Gasteiger partial charge in [-0.1, -0.05) is 18.2 Å². The smallest absolute Gasteiger partial charge is 0.0704 e. The Labute approximate surface area is 132 Å². The quantitative estimate of drug-likeness (QED) is 0.869. The molecule has 2 fully saturated rings. The van der Waals surface area contributed by atoms with Crippen LogP contribution < -0.4 is 0 Å². The maximum Gasteiger partial charge on any atom is 0.0704 e. The van der Waals surface area contributed by atoms with Crippen LogP contribution in [-0.4, -0.2) is 42.2 Å². The highest BCUT2D eigenvalue weighted by Gasteiger charge is 2.27. The van der Waals surface area contributed by atoms with Gasteiger partial charge in [0.25, 0.3) is 0 Å². The fraction of sp³-hybridized carbons (Fsp3) is 0.526. The Hall–Kier alpha value is -1.45. The number of pyridine rings is 1. The Bertz CT molecular complexity index is 623. The molecule has 3 nitrogen and oxygen atoms in total. The molecule has 0 amide bonds. The Morgan fingerprint density at radius 2 is 1.95 bits per heavy atom. The second-order valence-electron chi connectivity index (χ2n) is 6.69. The maximum atomic E-state index is 5.53. The average molecular weight is 296 g/mol. The third-order valence-corrected chi connectivity index (χ3v) is 5.32. The van der Waals surface area contributed by atoms with Gasteiger partial charge in [0.1, 0.15) is 0 Å². The van der Waals surface area contributed by atoms with Gasteiger partial charge in [0.05, 0.1) is 12.1 Å². The molecular formula is C19H24N2O. The lowest BCUT2D eigenvalue weighted by Crippen LogP contribution is -2.42. The molecule has 0 radical (unpaired) electrons. The SMILES string of the molecule is c1ccc2c(CC3CCN([C@H]4CCOC4)CC3)ccnc2c1. The van der Waals surface area contributed by atoms with E-state index < -0.39 is 0 Å². The number of benzene rings is 1. The van der Waals surface area contributed by atoms with Crippen molar-refractivity contribution in [1.29, 1.82) is 0 Å². The number of aromatic nitrogens is 1. The number of para-hydroxylation sites is 1. The fourth-order valence-electron chi connectivity index (χ4n) is 3.98. The van der Waals surface area contributed by atoms with Crippen LogP contribution in [-0.2, 0) is 11.2 Å². The summed E-state index contributed by atoms with van der Waals surface area (Å²) >= 11 is 0. The number of hydrogen-bond donors (Lipinski definition) is 0. The number of piperidine rings is 1. The fourth-order valence-corrected chi connectivity index (χ4v) is 3.98. The number of ether oxygens (including phenoxy) is 1. The highest BCUT2D eigenvalue weighted by Crippen LogP contribution is 2.27. The van der Waals surface area contributed by atoms with Crippen LogP contribution in [0.4, 0.5) is 0 Å². The van der Waals surface area contributed by atoms with E-state index in [2.05, 4.69) is 40.2 Å². The third kappa shape index (κ3) is 2.88. The van der Waals surface area contributed by atoms with Crippen molar-refractivity contribution in [1.82, 2.24) is 9.88 Å². The zero-order valence-electron chi connectivity index (χ0n) is 13.1. The Balaban J connectivity index is 1.41. The molecule has 0 saturated carbocycles. The van der Waals surface area contributed by atoms with Crippen molar-refractivity contribution < 1.29 is 4.74 Å². The van der Waals surface area contributed by atoms with Crippen LogP contribution in [0, 0.1) is 5.92 Å². The van der Waals surface area contributed by atoms with Crippen molar-refractivity contribution in [3.63, 3.8) is 0 Å². The Morgan fingerprint density at radius 1 is 1.09 bits per heavy atom. The largest absolute Gasteiger partial charge is 0.380 e. The van der Waals surface area contributed by atoms with Gasteiger partial charge in [-0.25, -0.2) is 0 Å². The zero-order valence-corrected chi connectivity index (χ0v) is 13.1. The van der Waals surface area contributed by atoms with Crippen molar-refractivity contribution in [3.8, 4) is 0 Å². The van der Waals surface area contributed by atoms with E-state index >= 15 is 0 Å². The summed E-state index contributed by atoms with van der Waals surface area (Å²) in [5.41, 5.74) is 2.59. The topological polar surface area (TPSA) is 25.4 Å². The van der Waals surface area contributed by atoms with Crippen LogP contribution in [0.25, 0.3) is 10.9 Å². The van der Waals surface area contributed by atoms with Crippen LogP contribution >= 0.6 is 0 Å². The lowest BCUT2D eigenvalue weighted by molar-refractivity contribution is 0.110. The standard InChI is InChI=1S/C19H24N2O/c1-2-4-19-18(3-1)16(5-9-20-19)13-15-6-10-21(11-7-15)17-8-12-22-14-17/h1-5,9,15,17H,6-8,10-14H2/t17-/m0/s1. The lowest BCUT2D eigenvalue weighted by Gasteiger charge is -2.35. The van der Waals surface area contributed by atoms with Crippen LogP contribution in [0.3, 0.4) is 0 Å². The van der Waals surface area contributed by atoms with Gasteiger partial charge in [0.15, 0.2) is 0 Å². The summed E-state index contributed by atoms with van der Waals surface area (Å²) in [6.45, 7) is 4.37. The third-order valence-electron chi connectivity index (χ3n) is 5.32. The highest BCUT2D eigenvalue weighted by atomic mass is 16.5. The molecule has 2 saturated heterocycles. The highest BCUT2D eigenvalue weighted by molar-refractivity contribution is 5.81. The molecule has 3 heterocycles. The molecule has 0 spiro atoms. The molecule has 1 aromatic carbocycles. The van der Waals surface area contributed by atoms with Crippen LogP contribution in [0.5, 0.6) is 0 Å². The molecule has 0 bridgehead atoms. The average Bonchev–Trinajstić information content (AvgIpc) is 3.10. The predicted octanol–water partition coefficient (Wildman–Crippen LogP) is 3.28. The van der Waals surface area contributed by atoms with Crippen LogP contribution in [0.15, 0.2) is 36.5 Å². The van der Waals surface area contributed by atoms with E-state index in [0.29, 0.717) is 6.04 Å². The summed E-state index contributed by atoms with van der Waals surface area (Å²) in [6.07, 6.45) is 7.00. The van der Waals surface area contributed by atoms with E-state index in [1.165, 1.54) is 49.7 Å². The first-order chi connectivity index (χ1) is 10.9. The lowest BCUT2D eigenvalue weighted by atomic mass is 9.88. The molecule has 3 heteroatoms. The van der Waals surface area contributed by atoms with E-state index in [1.54, 1.807) is 0 Å². The number of likely N-dealkylation sites (tertiary alicyclic amines) is 1. The molecule has 22 heavy (non-hydrogen) atoms. The minimum Gasteiger partial charge on any atom is -0.380 e. The molecule has 0 N–H and O–H groups in total. The predicted molar refractivity (Wildman–Crippen MR) is 89.0 cm³/mol.